The average Bonchev–Trinajstić information content (AvgIpc) is 2.78. The molecular weight excluding hydrogens is 360 g/mol. The van der Waals surface area contributed by atoms with Gasteiger partial charge in [-0.1, -0.05) is 54.1 Å². The van der Waals surface area contributed by atoms with Gasteiger partial charge >= 0.3 is 0 Å². The maximum atomic E-state index is 6.14. The lowest BCUT2D eigenvalue weighted by molar-refractivity contribution is 0.618. The summed E-state index contributed by atoms with van der Waals surface area (Å²) in [5.74, 6) is 1.43. The molecule has 5 nitrogen and oxygen atoms in total. The minimum atomic E-state index is 0.664. The van der Waals surface area contributed by atoms with Crippen molar-refractivity contribution in [2.24, 2.45) is 5.10 Å². The zero-order valence-corrected chi connectivity index (χ0v) is 15.8. The maximum Gasteiger partial charge on any atom is 0.157 e. The molecule has 0 atom stereocenters. The lowest BCUT2D eigenvalue weighted by Crippen LogP contribution is -2.08. The van der Waals surface area contributed by atoms with Crippen LogP contribution in [0.5, 0.6) is 0 Å². The molecule has 0 aliphatic rings. The molecule has 2 heterocycles. The lowest BCUT2D eigenvalue weighted by Gasteiger charge is -2.06. The molecule has 0 aliphatic carbocycles. The van der Waals surface area contributed by atoms with Gasteiger partial charge in [0, 0.05) is 22.4 Å². The Labute approximate surface area is 167 Å². The van der Waals surface area contributed by atoms with E-state index in [9.17, 15) is 0 Å². The molecule has 0 saturated carbocycles. The van der Waals surface area contributed by atoms with Gasteiger partial charge in [-0.3, -0.25) is 5.43 Å². The number of nitrogens with one attached hydrogen (secondary N) is 1. The molecule has 2 aromatic heterocycles. The third-order valence-electron chi connectivity index (χ3n) is 4.81. The van der Waals surface area contributed by atoms with Crippen LogP contribution in [0.15, 0.2) is 94.7 Å². The first-order valence-electron chi connectivity index (χ1n) is 9.37. The molecule has 3 aromatic carbocycles. The molecule has 0 saturated heterocycles. The fourth-order valence-corrected chi connectivity index (χ4v) is 3.28. The molecule has 140 valence electrons. The molecule has 5 heteroatoms. The van der Waals surface area contributed by atoms with Crippen molar-refractivity contribution in [3.8, 4) is 11.3 Å². The Bertz CT molecular complexity index is 1380. The number of para-hydroxylation sites is 2. The molecular formula is C24H18N4O. The minimum Gasteiger partial charge on any atom is -0.456 e. The van der Waals surface area contributed by atoms with Gasteiger partial charge in [-0.05, 0) is 31.2 Å². The van der Waals surface area contributed by atoms with E-state index in [1.165, 1.54) is 11.9 Å². The van der Waals surface area contributed by atoms with Crippen LogP contribution >= 0.6 is 0 Å². The smallest absolute Gasteiger partial charge is 0.157 e. The van der Waals surface area contributed by atoms with Crippen LogP contribution in [-0.2, 0) is 0 Å². The van der Waals surface area contributed by atoms with Crippen LogP contribution in [0.25, 0.3) is 33.2 Å². The SMILES string of the molecule is Cc1ccc(-c2c/c(=N\Nc3ncnc4ccccc34)c3ccccc3o2)cc1. The van der Waals surface area contributed by atoms with Crippen LogP contribution in [-0.4, -0.2) is 9.97 Å². The van der Waals surface area contributed by atoms with Gasteiger partial charge in [-0.2, -0.15) is 5.10 Å². The second kappa shape index (κ2) is 7.20. The Morgan fingerprint density at radius 1 is 0.828 bits per heavy atom. The van der Waals surface area contributed by atoms with E-state index in [4.69, 9.17) is 4.42 Å². The van der Waals surface area contributed by atoms with Crippen LogP contribution < -0.4 is 10.8 Å². The average molecular weight is 378 g/mol. The van der Waals surface area contributed by atoms with Gasteiger partial charge in [-0.15, -0.1) is 0 Å². The van der Waals surface area contributed by atoms with Gasteiger partial charge in [0.15, 0.2) is 5.82 Å². The molecule has 5 aromatic rings. The predicted octanol–water partition coefficient (Wildman–Crippen LogP) is 5.28. The summed E-state index contributed by atoms with van der Waals surface area (Å²) in [6.07, 6.45) is 1.54. The van der Waals surface area contributed by atoms with Gasteiger partial charge in [0.1, 0.15) is 17.7 Å². The molecule has 1 N–H and O–H groups in total. The number of anilines is 1. The highest BCUT2D eigenvalue weighted by Gasteiger charge is 2.07. The summed E-state index contributed by atoms with van der Waals surface area (Å²) in [6, 6.07) is 25.9. The highest BCUT2D eigenvalue weighted by molar-refractivity contribution is 5.88. The van der Waals surface area contributed by atoms with Crippen molar-refractivity contribution in [2.45, 2.75) is 6.92 Å². The topological polar surface area (TPSA) is 63.3 Å². The molecule has 29 heavy (non-hydrogen) atoms. The molecule has 0 unspecified atom stereocenters. The minimum absolute atomic E-state index is 0.664. The van der Waals surface area contributed by atoms with Crippen LogP contribution in [0.3, 0.4) is 0 Å². The van der Waals surface area contributed by atoms with Crippen molar-refractivity contribution >= 4 is 27.7 Å². The van der Waals surface area contributed by atoms with E-state index >= 15 is 0 Å². The Kier molecular flexibility index (Phi) is 4.26. The first-order chi connectivity index (χ1) is 14.3. The monoisotopic (exact) mass is 378 g/mol. The van der Waals surface area contributed by atoms with Gasteiger partial charge in [0.2, 0.25) is 0 Å². The summed E-state index contributed by atoms with van der Waals surface area (Å²) in [5, 5.41) is 7.28. The largest absolute Gasteiger partial charge is 0.456 e. The number of fused-ring (bicyclic) bond motifs is 2. The lowest BCUT2D eigenvalue weighted by atomic mass is 10.1. The van der Waals surface area contributed by atoms with E-state index in [0.717, 1.165) is 38.6 Å². The van der Waals surface area contributed by atoms with E-state index in [1.54, 1.807) is 0 Å². The van der Waals surface area contributed by atoms with Crippen LogP contribution in [0.1, 0.15) is 5.56 Å². The zero-order valence-electron chi connectivity index (χ0n) is 15.8. The number of aromatic nitrogens is 2. The Hall–Kier alpha value is -3.99. The number of rotatable bonds is 3. The Balaban J connectivity index is 1.66. The fourth-order valence-electron chi connectivity index (χ4n) is 3.28. The van der Waals surface area contributed by atoms with Crippen LogP contribution in [0.4, 0.5) is 5.82 Å². The third kappa shape index (κ3) is 3.34. The number of nitrogens with zero attached hydrogens (tertiary/aromatic N) is 3. The summed E-state index contributed by atoms with van der Waals surface area (Å²) in [4.78, 5) is 8.65. The highest BCUT2D eigenvalue weighted by atomic mass is 16.3. The first kappa shape index (κ1) is 17.1. The molecule has 0 aliphatic heterocycles. The summed E-state index contributed by atoms with van der Waals surface area (Å²) >= 11 is 0. The third-order valence-corrected chi connectivity index (χ3v) is 4.81. The van der Waals surface area contributed by atoms with Crippen LogP contribution in [0, 0.1) is 6.92 Å². The van der Waals surface area contributed by atoms with Gasteiger partial charge in [0.05, 0.1) is 10.9 Å². The Morgan fingerprint density at radius 3 is 2.45 bits per heavy atom. The molecule has 0 fully saturated rings. The maximum absolute atomic E-state index is 6.14. The number of aryl methyl sites for hydroxylation is 1. The van der Waals surface area contributed by atoms with Crippen molar-refractivity contribution in [3.63, 3.8) is 0 Å². The standard InChI is InChI=1S/C24H18N4O/c1-16-10-12-17(13-11-16)23-14-21(18-6-3-5-9-22(18)29-23)27-28-24-19-7-2-4-8-20(19)25-15-26-24/h2-15H,1H3,(H,25,26,28)/b27-21+. The second-order valence-electron chi connectivity index (χ2n) is 6.82. The quantitative estimate of drug-likeness (QED) is 0.434. The van der Waals surface area contributed by atoms with Gasteiger partial charge < -0.3 is 4.42 Å². The molecule has 0 spiro atoms. The van der Waals surface area contributed by atoms with Crippen molar-refractivity contribution in [2.75, 3.05) is 5.43 Å². The van der Waals surface area contributed by atoms with E-state index in [2.05, 4.69) is 51.7 Å². The van der Waals surface area contributed by atoms with Crippen LogP contribution in [0.2, 0.25) is 0 Å². The predicted molar refractivity (Wildman–Crippen MR) is 115 cm³/mol. The zero-order chi connectivity index (χ0) is 19.6. The van der Waals surface area contributed by atoms with Crippen molar-refractivity contribution in [1.82, 2.24) is 9.97 Å². The normalized spacial score (nSPS) is 11.8. The highest BCUT2D eigenvalue weighted by Crippen LogP contribution is 2.23. The fraction of sp³-hybridized carbons (Fsp3) is 0.0417. The molecule has 5 rings (SSSR count). The number of hydrogen-bond donors (Lipinski definition) is 1. The number of benzene rings is 3. The van der Waals surface area contributed by atoms with E-state index < -0.39 is 0 Å². The summed E-state index contributed by atoms with van der Waals surface area (Å²) in [6.45, 7) is 2.07. The summed E-state index contributed by atoms with van der Waals surface area (Å²) in [7, 11) is 0. The van der Waals surface area contributed by atoms with E-state index in [-0.39, 0.29) is 0 Å². The van der Waals surface area contributed by atoms with E-state index in [1.807, 2.05) is 54.6 Å². The number of hydrogen-bond acceptors (Lipinski definition) is 5. The summed E-state index contributed by atoms with van der Waals surface area (Å²) in [5.41, 5.74) is 6.97. The van der Waals surface area contributed by atoms with E-state index in [0.29, 0.717) is 5.82 Å². The molecule has 0 radical (unpaired) electrons. The van der Waals surface area contributed by atoms with Crippen molar-refractivity contribution in [3.05, 3.63) is 96.1 Å². The molecule has 0 amide bonds. The van der Waals surface area contributed by atoms with Gasteiger partial charge in [0.25, 0.3) is 0 Å². The van der Waals surface area contributed by atoms with Crippen molar-refractivity contribution < 1.29 is 4.42 Å². The van der Waals surface area contributed by atoms with Crippen molar-refractivity contribution in [1.29, 1.82) is 0 Å². The first-order valence-corrected chi connectivity index (χ1v) is 9.37. The Morgan fingerprint density at radius 2 is 1.59 bits per heavy atom. The second-order valence-corrected chi connectivity index (χ2v) is 6.82. The summed E-state index contributed by atoms with van der Waals surface area (Å²) < 4.78 is 6.14. The van der Waals surface area contributed by atoms with Gasteiger partial charge in [-0.25, -0.2) is 9.97 Å². The molecule has 0 bridgehead atoms.